The van der Waals surface area contributed by atoms with Gasteiger partial charge >= 0.3 is 26.8 Å². The van der Waals surface area contributed by atoms with Crippen LogP contribution in [0.5, 0.6) is 0 Å². The highest BCUT2D eigenvalue weighted by Gasteiger charge is 2.86. The molecule has 0 aromatic rings. The molecule has 12 N–H and O–H groups in total. The second kappa shape index (κ2) is 24.3. The maximum absolute atomic E-state index is 14.5. The number of aliphatic hydroxyl groups is 10. The quantitative estimate of drug-likeness (QED) is 0.0395. The first kappa shape index (κ1) is 67.6. The fourth-order valence-electron chi connectivity index (χ4n) is 16.5. The summed E-state index contributed by atoms with van der Waals surface area (Å²) in [5.41, 5.74) is -5.59. The smallest absolute Gasteiger partial charge is 0.397 e. The van der Waals surface area contributed by atoms with Gasteiger partial charge < -0.3 is 98.4 Å². The van der Waals surface area contributed by atoms with Crippen molar-refractivity contribution < 1.29 is 138 Å². The Kier molecular flexibility index (Phi) is 19.4. The Morgan fingerprint density at radius 3 is 1.95 bits per heavy atom. The van der Waals surface area contributed by atoms with E-state index in [1.54, 1.807) is 6.92 Å². The summed E-state index contributed by atoms with van der Waals surface area (Å²) in [6.45, 7) is 12.9. The molecule has 5 aliphatic heterocycles. The van der Waals surface area contributed by atoms with Crippen LogP contribution in [0.2, 0.25) is 0 Å². The number of cyclic esters (lactones) is 1. The lowest BCUT2D eigenvalue weighted by Crippen LogP contribution is -2.68. The van der Waals surface area contributed by atoms with E-state index in [4.69, 9.17) is 51.6 Å². The van der Waals surface area contributed by atoms with E-state index in [1.165, 1.54) is 6.92 Å². The molecule has 4 aliphatic carbocycles. The third-order valence-corrected chi connectivity index (χ3v) is 21.9. The van der Waals surface area contributed by atoms with Crippen molar-refractivity contribution in [3.63, 3.8) is 0 Å². The van der Waals surface area contributed by atoms with Gasteiger partial charge in [-0.3, -0.25) is 13.9 Å². The second-order valence-electron chi connectivity index (χ2n) is 26.5. The van der Waals surface area contributed by atoms with Crippen LogP contribution in [0, 0.1) is 39.4 Å². The predicted octanol–water partition coefficient (Wildman–Crippen LogP) is -1.57. The molecule has 0 bridgehead atoms. The van der Waals surface area contributed by atoms with Crippen LogP contribution in [-0.4, -0.2) is 250 Å². The van der Waals surface area contributed by atoms with Crippen LogP contribution >= 0.6 is 0 Å². The largest absolute Gasteiger partial charge is 0.456 e. The highest BCUT2D eigenvalue weighted by atomic mass is 32.3. The monoisotopic (exact) mass is 1260 g/mol. The van der Waals surface area contributed by atoms with E-state index in [1.807, 2.05) is 20.8 Å². The molecule has 0 aromatic heterocycles. The van der Waals surface area contributed by atoms with E-state index in [2.05, 4.69) is 31.0 Å². The maximum Gasteiger partial charge on any atom is 0.397 e. The number of aliphatic hydroxyl groups excluding tert-OH is 9. The molecule has 1 spiro atoms. The number of fused-ring (bicyclic) bond motifs is 4. The lowest BCUT2D eigenvalue weighted by atomic mass is 9.39. The highest BCUT2D eigenvalue weighted by Crippen LogP contribution is 2.77. The maximum atomic E-state index is 14.5. The lowest BCUT2D eigenvalue weighted by Gasteiger charge is -2.65. The van der Waals surface area contributed by atoms with Crippen molar-refractivity contribution in [1.82, 2.24) is 0 Å². The van der Waals surface area contributed by atoms with E-state index < -0.39 is 208 Å². The Hall–Kier alpha value is -1.81. The fraction of sp³-hybridized carbons (Fsp3) is 0.944. The van der Waals surface area contributed by atoms with Gasteiger partial charge in [-0.1, -0.05) is 59.6 Å². The third-order valence-electron chi connectivity index (χ3n) is 21.0. The van der Waals surface area contributed by atoms with E-state index in [0.29, 0.717) is 38.0 Å². The number of carbonyl (C=O) groups is 1. The fourth-order valence-corrected chi connectivity index (χ4v) is 17.3. The molecule has 0 amide bonds. The minimum atomic E-state index is -5.23. The molecule has 29 nitrogen and oxygen atoms in total. The Morgan fingerprint density at radius 1 is 0.718 bits per heavy atom. The van der Waals surface area contributed by atoms with E-state index in [9.17, 15) is 81.8 Å². The van der Waals surface area contributed by atoms with Gasteiger partial charge in [-0.15, -0.1) is 0 Å². The van der Waals surface area contributed by atoms with Gasteiger partial charge in [0.2, 0.25) is 0 Å². The van der Waals surface area contributed by atoms with Crippen LogP contribution in [-0.2, 0) is 81.3 Å². The van der Waals surface area contributed by atoms with Crippen LogP contribution in [0.4, 0.5) is 0 Å². The third kappa shape index (κ3) is 11.6. The first-order valence-electron chi connectivity index (χ1n) is 29.2. The Balaban J connectivity index is 0.924. The van der Waals surface area contributed by atoms with Crippen LogP contribution in [0.3, 0.4) is 0 Å². The summed E-state index contributed by atoms with van der Waals surface area (Å²) in [5.74, 6) is -0.552. The van der Waals surface area contributed by atoms with Crippen molar-refractivity contribution in [3.8, 4) is 0 Å². The van der Waals surface area contributed by atoms with Crippen LogP contribution in [0.1, 0.15) is 113 Å². The summed E-state index contributed by atoms with van der Waals surface area (Å²) < 4.78 is 135. The van der Waals surface area contributed by atoms with Gasteiger partial charge in [0.15, 0.2) is 25.2 Å². The minimum Gasteiger partial charge on any atom is -0.456 e. The Labute approximate surface area is 493 Å². The Morgan fingerprint density at radius 2 is 1.33 bits per heavy atom. The minimum absolute atomic E-state index is 0.153. The molecule has 31 heteroatoms. The summed E-state index contributed by atoms with van der Waals surface area (Å²) >= 11 is 0. The zero-order valence-corrected chi connectivity index (χ0v) is 50.7. The van der Waals surface area contributed by atoms with Crippen molar-refractivity contribution in [2.75, 3.05) is 26.9 Å². The van der Waals surface area contributed by atoms with Gasteiger partial charge in [0.05, 0.1) is 38.1 Å². The van der Waals surface area contributed by atoms with Crippen molar-refractivity contribution >= 4 is 26.8 Å². The molecule has 2 unspecified atom stereocenters. The summed E-state index contributed by atoms with van der Waals surface area (Å²) in [4.78, 5) is 14.5. The SMILES string of the molecule is CO[C@@H]1[C@@H](O)[C@H](O[C@@H]2[C@@H](O)[C@H](O[C@H]3[C@H](O)[C@@H](O)[C@H](O[C@H]4[C@H](O[C@H]5CC[C@]6(C)C7C[C@H](O)[C@]89C(=O)O[C@@](C)(CCCC(C)C)[C@@]8(O)CC[C@@]9(C)C7=CCC6C5(C)C)OC[C@@H](OS(=O)(=O)O)[C@@H]4O)O[C@@H]3C)O[C@H](COS(=O)(=O)O)[C@H]2O)O[C@H](CO)[C@H]1O. The number of allylic oxidation sites excluding steroid dienone is 2. The summed E-state index contributed by atoms with van der Waals surface area (Å²) in [6.07, 6.45) is -30.1. The molecule has 0 aromatic carbocycles. The van der Waals surface area contributed by atoms with Crippen molar-refractivity contribution in [1.29, 1.82) is 0 Å². The first-order valence-corrected chi connectivity index (χ1v) is 31.9. The molecule has 0 radical (unpaired) electrons. The van der Waals surface area contributed by atoms with Gasteiger partial charge in [0, 0.05) is 12.5 Å². The second-order valence-corrected chi connectivity index (χ2v) is 28.7. The van der Waals surface area contributed by atoms with Crippen molar-refractivity contribution in [2.24, 2.45) is 39.4 Å². The predicted molar refractivity (Wildman–Crippen MR) is 284 cm³/mol. The summed E-state index contributed by atoms with van der Waals surface area (Å²) in [7, 11) is -9.29. The molecule has 28 atom stereocenters. The number of carbonyl (C=O) groups excluding carboxylic acids is 1. The Bertz CT molecular complexity index is 2650. The molecular weight excluding hydrogens is 1180 g/mol. The van der Waals surface area contributed by atoms with Crippen LogP contribution in [0.25, 0.3) is 0 Å². The number of hydrogen-bond donors (Lipinski definition) is 12. The zero-order valence-electron chi connectivity index (χ0n) is 49.0. The van der Waals surface area contributed by atoms with Crippen LogP contribution in [0.15, 0.2) is 11.6 Å². The van der Waals surface area contributed by atoms with Gasteiger partial charge in [-0.2, -0.15) is 16.8 Å². The zero-order chi connectivity index (χ0) is 62.7. The van der Waals surface area contributed by atoms with Gasteiger partial charge in [0.25, 0.3) is 0 Å². The molecule has 490 valence electrons. The van der Waals surface area contributed by atoms with Crippen molar-refractivity contribution in [2.45, 2.75) is 253 Å². The van der Waals surface area contributed by atoms with Gasteiger partial charge in [0.1, 0.15) is 102 Å². The van der Waals surface area contributed by atoms with Gasteiger partial charge in [-0.05, 0) is 93.8 Å². The number of hydrogen-bond acceptors (Lipinski definition) is 27. The van der Waals surface area contributed by atoms with E-state index >= 15 is 0 Å². The van der Waals surface area contributed by atoms with E-state index in [0.717, 1.165) is 25.5 Å². The molecule has 5 heterocycles. The number of methoxy groups -OCH3 is 1. The number of esters is 1. The summed E-state index contributed by atoms with van der Waals surface area (Å²) in [5, 5.41) is 115. The molecule has 3 saturated carbocycles. The van der Waals surface area contributed by atoms with Crippen molar-refractivity contribution in [3.05, 3.63) is 11.6 Å². The molecule has 9 aliphatic rings. The average molecular weight is 1270 g/mol. The average Bonchev–Trinajstić information content (AvgIpc) is 1.58. The molecule has 5 saturated heterocycles. The molecule has 85 heavy (non-hydrogen) atoms. The molecule has 9 rings (SSSR count). The number of rotatable bonds is 19. The highest BCUT2D eigenvalue weighted by molar-refractivity contribution is 7.81. The number of ether oxygens (including phenoxy) is 10. The van der Waals surface area contributed by atoms with Gasteiger partial charge in [-0.25, -0.2) is 8.37 Å². The standard InChI is InChI=1S/C54H88O29S2/c1-23(2)11-10-15-52(8)53(65)18-17-51(7)25-12-13-30-49(4,5)32(14-16-50(30,6)26(25)19-31(56)54(51,53)48(64)82-52)78-47-43(35(59)29(21-73-47)83-85(69,70)71)81-44-37(61)36(60)40(24(3)75-44)79-46-39(63)42(34(58)28(77-46)22-74-84(66,67)68)80-45-38(62)41(72-9)33(57)27(20-55)76-45/h12,23-24,26-47,55-63,65H,10-11,13-22H2,1-9H3,(H,66,67,68)(H,69,70,71)/t24-,26?,27-,28-,29-,30?,31+,32+,33-,34-,35+,36-,37-,38-,39-,40-,41+,42+,43-,44+,45+,46+,47+,50-,51+,52+,53+,54-/m1/s1. The van der Waals surface area contributed by atoms with E-state index in [-0.39, 0.29) is 24.7 Å². The van der Waals surface area contributed by atoms with Crippen LogP contribution < -0.4 is 0 Å². The molecular formula is C54H88O29S2. The topological polar surface area (TPSA) is 439 Å². The lowest BCUT2D eigenvalue weighted by molar-refractivity contribution is -0.389. The molecule has 8 fully saturated rings. The normalized spacial score (nSPS) is 50.0. The first-order chi connectivity index (χ1) is 39.4. The summed E-state index contributed by atoms with van der Waals surface area (Å²) in [6, 6.07) is 0.